The fourth-order valence-corrected chi connectivity index (χ4v) is 1.44. The van der Waals surface area contributed by atoms with Crippen molar-refractivity contribution in [2.24, 2.45) is 0 Å². The summed E-state index contributed by atoms with van der Waals surface area (Å²) in [4.78, 5) is 10.6. The molecule has 0 unspecified atom stereocenters. The van der Waals surface area contributed by atoms with Gasteiger partial charge in [-0.25, -0.2) is 0 Å². The number of nitrogens with zero attached hydrogens (tertiary/aromatic N) is 1. The quantitative estimate of drug-likeness (QED) is 0.771. The Kier molecular flexibility index (Phi) is 2.88. The van der Waals surface area contributed by atoms with Crippen molar-refractivity contribution in [2.45, 2.75) is 20.3 Å². The molecule has 1 aromatic rings. The van der Waals surface area contributed by atoms with Crippen LogP contribution in [0.3, 0.4) is 0 Å². The number of rotatable bonds is 2. The summed E-state index contributed by atoms with van der Waals surface area (Å²) in [5.41, 5.74) is 2.99. The van der Waals surface area contributed by atoms with Gasteiger partial charge in [0.2, 0.25) is 0 Å². The number of benzene rings is 1. The molecule has 3 heteroatoms. The molecule has 0 aliphatic carbocycles. The summed E-state index contributed by atoms with van der Waals surface area (Å²) in [6.07, 6.45) is -0.0206. The Balaban J connectivity index is 3.27. The minimum absolute atomic E-state index is 0.0206. The minimum atomic E-state index is -0.869. The summed E-state index contributed by atoms with van der Waals surface area (Å²) in [5, 5.41) is 17.5. The van der Waals surface area contributed by atoms with Gasteiger partial charge in [0, 0.05) is 0 Å². The molecule has 0 radical (unpaired) electrons. The van der Waals surface area contributed by atoms with Crippen molar-refractivity contribution in [3.05, 3.63) is 34.4 Å². The first-order valence-electron chi connectivity index (χ1n) is 4.27. The van der Waals surface area contributed by atoms with Crippen LogP contribution in [0.4, 0.5) is 0 Å². The summed E-state index contributed by atoms with van der Waals surface area (Å²) < 4.78 is 0. The second kappa shape index (κ2) is 3.93. The van der Waals surface area contributed by atoms with E-state index in [2.05, 4.69) is 0 Å². The van der Waals surface area contributed by atoms with Gasteiger partial charge in [0.25, 0.3) is 0 Å². The van der Waals surface area contributed by atoms with Crippen molar-refractivity contribution in [1.29, 1.82) is 5.26 Å². The van der Waals surface area contributed by atoms with Crippen molar-refractivity contribution in [2.75, 3.05) is 0 Å². The monoisotopic (exact) mass is 189 g/mol. The van der Waals surface area contributed by atoms with Crippen LogP contribution in [0, 0.1) is 25.2 Å². The van der Waals surface area contributed by atoms with Crippen LogP contribution in [-0.4, -0.2) is 11.1 Å². The molecular weight excluding hydrogens is 178 g/mol. The van der Waals surface area contributed by atoms with Crippen LogP contribution < -0.4 is 0 Å². The topological polar surface area (TPSA) is 61.1 Å². The molecule has 0 aromatic heterocycles. The van der Waals surface area contributed by atoms with Gasteiger partial charge in [-0.05, 0) is 36.6 Å². The number of hydrogen-bond acceptors (Lipinski definition) is 2. The first kappa shape index (κ1) is 10.3. The Morgan fingerprint density at radius 1 is 1.50 bits per heavy atom. The van der Waals surface area contributed by atoms with Gasteiger partial charge in [0.1, 0.15) is 0 Å². The SMILES string of the molecule is Cc1ccc(C#N)c(C)c1CC(=O)O. The lowest BCUT2D eigenvalue weighted by Crippen LogP contribution is -2.05. The molecule has 0 spiro atoms. The molecule has 0 bridgehead atoms. The molecule has 1 rings (SSSR count). The molecule has 0 fully saturated rings. The molecule has 1 N–H and O–H groups in total. The second-order valence-corrected chi connectivity index (χ2v) is 3.22. The Morgan fingerprint density at radius 3 is 2.64 bits per heavy atom. The largest absolute Gasteiger partial charge is 0.481 e. The highest BCUT2D eigenvalue weighted by molar-refractivity contribution is 5.72. The van der Waals surface area contributed by atoms with Gasteiger partial charge in [-0.3, -0.25) is 4.79 Å². The zero-order chi connectivity index (χ0) is 10.7. The van der Waals surface area contributed by atoms with E-state index < -0.39 is 5.97 Å². The lowest BCUT2D eigenvalue weighted by molar-refractivity contribution is -0.136. The first-order valence-corrected chi connectivity index (χ1v) is 4.27. The third-order valence-electron chi connectivity index (χ3n) is 2.28. The second-order valence-electron chi connectivity index (χ2n) is 3.22. The third-order valence-corrected chi connectivity index (χ3v) is 2.28. The molecule has 14 heavy (non-hydrogen) atoms. The maximum atomic E-state index is 10.6. The summed E-state index contributed by atoms with van der Waals surface area (Å²) in [6, 6.07) is 5.54. The van der Waals surface area contributed by atoms with Crippen LogP contribution in [0.15, 0.2) is 12.1 Å². The predicted molar refractivity (Wildman–Crippen MR) is 52.0 cm³/mol. The molecular formula is C11H11NO2. The molecule has 72 valence electrons. The Hall–Kier alpha value is -1.82. The van der Waals surface area contributed by atoms with Crippen molar-refractivity contribution in [1.82, 2.24) is 0 Å². The fourth-order valence-electron chi connectivity index (χ4n) is 1.44. The van der Waals surface area contributed by atoms with Crippen molar-refractivity contribution in [3.63, 3.8) is 0 Å². The predicted octanol–water partition coefficient (Wildman–Crippen LogP) is 1.80. The van der Waals surface area contributed by atoms with Gasteiger partial charge in [-0.1, -0.05) is 6.07 Å². The molecule has 0 aliphatic heterocycles. The average molecular weight is 189 g/mol. The highest BCUT2D eigenvalue weighted by Crippen LogP contribution is 2.18. The minimum Gasteiger partial charge on any atom is -0.481 e. The standard InChI is InChI=1S/C11H11NO2/c1-7-3-4-9(6-12)8(2)10(7)5-11(13)14/h3-4H,5H2,1-2H3,(H,13,14). The number of aliphatic carboxylic acids is 1. The van der Waals surface area contributed by atoms with Crippen LogP contribution >= 0.6 is 0 Å². The molecule has 1 aromatic carbocycles. The molecule has 3 nitrogen and oxygen atoms in total. The molecule has 0 aliphatic rings. The van der Waals surface area contributed by atoms with E-state index in [9.17, 15) is 4.79 Å². The third kappa shape index (κ3) is 1.91. The Bertz CT molecular complexity index is 416. The maximum Gasteiger partial charge on any atom is 0.307 e. The summed E-state index contributed by atoms with van der Waals surface area (Å²) in [7, 11) is 0. The summed E-state index contributed by atoms with van der Waals surface area (Å²) in [5.74, 6) is -0.869. The zero-order valence-electron chi connectivity index (χ0n) is 8.16. The first-order chi connectivity index (χ1) is 6.56. The Morgan fingerprint density at radius 2 is 2.14 bits per heavy atom. The molecule has 0 atom stereocenters. The molecule has 0 saturated heterocycles. The van der Waals surface area contributed by atoms with Gasteiger partial charge >= 0.3 is 5.97 Å². The van der Waals surface area contributed by atoms with Crippen LogP contribution in [0.2, 0.25) is 0 Å². The number of hydrogen-bond donors (Lipinski definition) is 1. The highest BCUT2D eigenvalue weighted by atomic mass is 16.4. The van der Waals surface area contributed by atoms with Gasteiger partial charge < -0.3 is 5.11 Å². The van der Waals surface area contributed by atoms with E-state index in [4.69, 9.17) is 10.4 Å². The van der Waals surface area contributed by atoms with Gasteiger partial charge in [-0.15, -0.1) is 0 Å². The lowest BCUT2D eigenvalue weighted by atomic mass is 9.96. The number of aryl methyl sites for hydroxylation is 1. The van der Waals surface area contributed by atoms with Crippen molar-refractivity contribution < 1.29 is 9.90 Å². The number of carbonyl (C=O) groups is 1. The van der Waals surface area contributed by atoms with Gasteiger partial charge in [0.15, 0.2) is 0 Å². The van der Waals surface area contributed by atoms with E-state index in [1.54, 1.807) is 19.1 Å². The lowest BCUT2D eigenvalue weighted by Gasteiger charge is -2.08. The molecule has 0 amide bonds. The van der Waals surface area contributed by atoms with E-state index >= 15 is 0 Å². The number of nitriles is 1. The van der Waals surface area contributed by atoms with E-state index in [1.165, 1.54) is 0 Å². The normalized spacial score (nSPS) is 9.50. The van der Waals surface area contributed by atoms with Crippen LogP contribution in [0.25, 0.3) is 0 Å². The van der Waals surface area contributed by atoms with Gasteiger partial charge in [-0.2, -0.15) is 5.26 Å². The van der Waals surface area contributed by atoms with E-state index in [-0.39, 0.29) is 6.42 Å². The summed E-state index contributed by atoms with van der Waals surface area (Å²) >= 11 is 0. The molecule has 0 heterocycles. The smallest absolute Gasteiger partial charge is 0.307 e. The van der Waals surface area contributed by atoms with Gasteiger partial charge in [0.05, 0.1) is 18.1 Å². The Labute approximate surface area is 82.6 Å². The fraction of sp³-hybridized carbons (Fsp3) is 0.273. The van der Waals surface area contributed by atoms with E-state index in [1.807, 2.05) is 13.0 Å². The van der Waals surface area contributed by atoms with Crippen LogP contribution in [0.1, 0.15) is 22.3 Å². The number of carboxylic acid groups (broad SMARTS) is 1. The summed E-state index contributed by atoms with van der Waals surface area (Å²) in [6.45, 7) is 3.64. The zero-order valence-corrected chi connectivity index (χ0v) is 8.16. The average Bonchev–Trinajstić information content (AvgIpc) is 2.12. The van der Waals surface area contributed by atoms with E-state index in [0.717, 1.165) is 16.7 Å². The highest BCUT2D eigenvalue weighted by Gasteiger charge is 2.10. The molecule has 0 saturated carbocycles. The van der Waals surface area contributed by atoms with Crippen LogP contribution in [-0.2, 0) is 11.2 Å². The van der Waals surface area contributed by atoms with E-state index in [0.29, 0.717) is 5.56 Å². The van der Waals surface area contributed by atoms with Crippen molar-refractivity contribution in [3.8, 4) is 6.07 Å². The van der Waals surface area contributed by atoms with Crippen LogP contribution in [0.5, 0.6) is 0 Å². The van der Waals surface area contributed by atoms with Crippen molar-refractivity contribution >= 4 is 5.97 Å². The number of carboxylic acids is 1. The maximum absolute atomic E-state index is 10.6.